The molecule has 5 nitrogen and oxygen atoms in total. The number of nitro groups is 1. The molecule has 2 N–H and O–H groups in total. The summed E-state index contributed by atoms with van der Waals surface area (Å²) >= 11 is 0. The maximum absolute atomic E-state index is 12.8. The first kappa shape index (κ1) is 15.6. The van der Waals surface area contributed by atoms with Gasteiger partial charge in [0, 0.05) is 24.9 Å². The van der Waals surface area contributed by atoms with Gasteiger partial charge in [0.25, 0.3) is 5.69 Å². The highest BCUT2D eigenvalue weighted by atomic mass is 19.4. The maximum atomic E-state index is 12.8. The highest BCUT2D eigenvalue weighted by molar-refractivity contribution is 5.55. The average Bonchev–Trinajstić information content (AvgIpc) is 3.16. The Morgan fingerprint density at radius 3 is 2.52 bits per heavy atom. The van der Waals surface area contributed by atoms with Crippen LogP contribution in [0.5, 0.6) is 0 Å². The molecule has 0 heterocycles. The van der Waals surface area contributed by atoms with E-state index >= 15 is 0 Å². The van der Waals surface area contributed by atoms with Gasteiger partial charge in [0.05, 0.1) is 4.92 Å². The van der Waals surface area contributed by atoms with Crippen LogP contribution in [0.2, 0.25) is 0 Å². The van der Waals surface area contributed by atoms with Crippen LogP contribution in [-0.4, -0.2) is 23.2 Å². The van der Waals surface area contributed by atoms with Crippen LogP contribution >= 0.6 is 0 Å². The normalized spacial score (nSPS) is 16.6. The van der Waals surface area contributed by atoms with E-state index in [-0.39, 0.29) is 17.7 Å². The van der Waals surface area contributed by atoms with Crippen molar-refractivity contribution in [1.29, 1.82) is 0 Å². The van der Waals surface area contributed by atoms with Crippen LogP contribution < -0.4 is 5.32 Å². The second kappa shape index (κ2) is 5.51. The fourth-order valence-electron chi connectivity index (χ4n) is 2.25. The number of nitro benzene ring substituents is 1. The molecule has 1 fully saturated rings. The lowest BCUT2D eigenvalue weighted by molar-refractivity contribution is -0.388. The zero-order valence-electron chi connectivity index (χ0n) is 11.1. The molecular formula is C13H15F3N2O3. The predicted molar refractivity (Wildman–Crippen MR) is 70.0 cm³/mol. The number of nitrogens with zero attached hydrogens (tertiary/aromatic N) is 1. The third kappa shape index (κ3) is 3.63. The zero-order chi connectivity index (χ0) is 15.7. The van der Waals surface area contributed by atoms with Crippen LogP contribution in [0.3, 0.4) is 0 Å². The van der Waals surface area contributed by atoms with Gasteiger partial charge in [-0.3, -0.25) is 10.1 Å². The molecule has 0 aromatic heterocycles. The van der Waals surface area contributed by atoms with Crippen LogP contribution in [0.15, 0.2) is 18.2 Å². The molecule has 0 spiro atoms. The van der Waals surface area contributed by atoms with Crippen molar-refractivity contribution in [3.8, 4) is 0 Å². The number of hydrogen-bond acceptors (Lipinski definition) is 4. The SMILES string of the molecule is O=[N+]([O-])c1ccc(NCC2(CCO)CC2)cc1C(F)(F)F. The molecule has 1 aromatic carbocycles. The highest BCUT2D eigenvalue weighted by Crippen LogP contribution is 2.48. The van der Waals surface area contributed by atoms with E-state index in [0.717, 1.165) is 25.0 Å². The van der Waals surface area contributed by atoms with Crippen molar-refractivity contribution in [3.63, 3.8) is 0 Å². The average molecular weight is 304 g/mol. The molecule has 8 heteroatoms. The Bertz CT molecular complexity index is 542. The molecule has 0 atom stereocenters. The molecule has 1 aromatic rings. The number of rotatable bonds is 6. The van der Waals surface area contributed by atoms with Crippen molar-refractivity contribution in [2.75, 3.05) is 18.5 Å². The maximum Gasteiger partial charge on any atom is 0.423 e. The summed E-state index contributed by atoms with van der Waals surface area (Å²) in [5.74, 6) is 0. The first-order valence-corrected chi connectivity index (χ1v) is 6.48. The topological polar surface area (TPSA) is 75.4 Å². The lowest BCUT2D eigenvalue weighted by atomic mass is 10.0. The van der Waals surface area contributed by atoms with Gasteiger partial charge >= 0.3 is 6.18 Å². The van der Waals surface area contributed by atoms with Gasteiger partial charge in [-0.1, -0.05) is 0 Å². The Kier molecular flexibility index (Phi) is 4.08. The second-order valence-electron chi connectivity index (χ2n) is 5.31. The van der Waals surface area contributed by atoms with Gasteiger partial charge in [-0.25, -0.2) is 0 Å². The Hall–Kier alpha value is -1.83. The van der Waals surface area contributed by atoms with Crippen molar-refractivity contribution in [3.05, 3.63) is 33.9 Å². The van der Waals surface area contributed by atoms with Gasteiger partial charge < -0.3 is 10.4 Å². The van der Waals surface area contributed by atoms with E-state index in [0.29, 0.717) is 13.0 Å². The van der Waals surface area contributed by atoms with E-state index in [1.165, 1.54) is 6.07 Å². The Labute approximate surface area is 118 Å². The molecular weight excluding hydrogens is 289 g/mol. The largest absolute Gasteiger partial charge is 0.423 e. The number of nitrogens with one attached hydrogen (secondary N) is 1. The van der Waals surface area contributed by atoms with E-state index in [9.17, 15) is 23.3 Å². The summed E-state index contributed by atoms with van der Waals surface area (Å²) in [6.07, 6.45) is -2.35. The van der Waals surface area contributed by atoms with Gasteiger partial charge in [0.1, 0.15) is 5.56 Å². The zero-order valence-corrected chi connectivity index (χ0v) is 11.1. The number of hydrogen-bond donors (Lipinski definition) is 2. The molecule has 0 bridgehead atoms. The minimum Gasteiger partial charge on any atom is -0.396 e. The highest BCUT2D eigenvalue weighted by Gasteiger charge is 2.42. The molecule has 0 radical (unpaired) electrons. The van der Waals surface area contributed by atoms with Crippen LogP contribution in [0, 0.1) is 15.5 Å². The number of anilines is 1. The van der Waals surface area contributed by atoms with Gasteiger partial charge in [-0.2, -0.15) is 13.2 Å². The molecule has 0 amide bonds. The predicted octanol–water partition coefficient (Wildman–Crippen LogP) is 3.19. The van der Waals surface area contributed by atoms with Crippen molar-refractivity contribution in [2.24, 2.45) is 5.41 Å². The molecule has 0 aliphatic heterocycles. The summed E-state index contributed by atoms with van der Waals surface area (Å²) in [4.78, 5) is 9.61. The van der Waals surface area contributed by atoms with E-state index in [2.05, 4.69) is 5.32 Å². The molecule has 21 heavy (non-hydrogen) atoms. The van der Waals surface area contributed by atoms with Gasteiger partial charge in [-0.05, 0) is 36.8 Å². The van der Waals surface area contributed by atoms with Crippen LogP contribution in [0.25, 0.3) is 0 Å². The first-order valence-electron chi connectivity index (χ1n) is 6.48. The molecule has 1 aliphatic rings. The fourth-order valence-corrected chi connectivity index (χ4v) is 2.25. The third-order valence-electron chi connectivity index (χ3n) is 3.77. The third-order valence-corrected chi connectivity index (χ3v) is 3.77. The fraction of sp³-hybridized carbons (Fsp3) is 0.538. The Balaban J connectivity index is 2.16. The lowest BCUT2D eigenvalue weighted by Gasteiger charge is -2.16. The van der Waals surface area contributed by atoms with Crippen LogP contribution in [0.1, 0.15) is 24.8 Å². The van der Waals surface area contributed by atoms with Gasteiger partial charge in [-0.15, -0.1) is 0 Å². The minimum atomic E-state index is -4.78. The summed E-state index contributed by atoms with van der Waals surface area (Å²) in [6, 6.07) is 2.88. The first-order chi connectivity index (χ1) is 9.77. The van der Waals surface area contributed by atoms with Gasteiger partial charge in [0.2, 0.25) is 0 Å². The van der Waals surface area contributed by atoms with Gasteiger partial charge in [0.15, 0.2) is 0 Å². The molecule has 1 aliphatic carbocycles. The Morgan fingerprint density at radius 2 is 2.05 bits per heavy atom. The summed E-state index contributed by atoms with van der Waals surface area (Å²) in [5.41, 5.74) is -2.08. The van der Waals surface area contributed by atoms with Crippen molar-refractivity contribution >= 4 is 11.4 Å². The smallest absolute Gasteiger partial charge is 0.396 e. The number of alkyl halides is 3. The standard InChI is InChI=1S/C13H15F3N2O3/c14-13(15,16)10-7-9(1-2-11(10)18(20)21)17-8-12(3-4-12)5-6-19/h1-2,7,17,19H,3-6,8H2. The van der Waals surface area contributed by atoms with E-state index in [1.54, 1.807) is 0 Å². The van der Waals surface area contributed by atoms with E-state index in [4.69, 9.17) is 5.11 Å². The number of aliphatic hydroxyl groups excluding tert-OH is 1. The molecule has 0 saturated heterocycles. The molecule has 2 rings (SSSR count). The van der Waals surface area contributed by atoms with Crippen LogP contribution in [0.4, 0.5) is 24.5 Å². The summed E-state index contributed by atoms with van der Waals surface area (Å²) < 4.78 is 38.5. The summed E-state index contributed by atoms with van der Waals surface area (Å²) in [7, 11) is 0. The van der Waals surface area contributed by atoms with Crippen molar-refractivity contribution in [2.45, 2.75) is 25.4 Å². The molecule has 1 saturated carbocycles. The molecule has 116 valence electrons. The number of halogens is 3. The second-order valence-corrected chi connectivity index (χ2v) is 5.31. The summed E-state index contributed by atoms with van der Waals surface area (Å²) in [5, 5.41) is 22.5. The van der Waals surface area contributed by atoms with E-state index in [1.807, 2.05) is 0 Å². The Morgan fingerprint density at radius 1 is 1.38 bits per heavy atom. The number of aliphatic hydroxyl groups is 1. The lowest BCUT2D eigenvalue weighted by Crippen LogP contribution is -2.17. The van der Waals surface area contributed by atoms with Crippen molar-refractivity contribution in [1.82, 2.24) is 0 Å². The van der Waals surface area contributed by atoms with Crippen LogP contribution in [-0.2, 0) is 6.18 Å². The quantitative estimate of drug-likeness (QED) is 0.625. The van der Waals surface area contributed by atoms with Crippen molar-refractivity contribution < 1.29 is 23.2 Å². The van der Waals surface area contributed by atoms with E-state index < -0.39 is 22.4 Å². The minimum absolute atomic E-state index is 0.0374. The summed E-state index contributed by atoms with van der Waals surface area (Å²) in [6.45, 7) is 0.485. The molecule has 0 unspecified atom stereocenters. The monoisotopic (exact) mass is 304 g/mol. The number of benzene rings is 1.